The Kier molecular flexibility index (Phi) is 14.8. The molecule has 0 fully saturated rings. The molecule has 0 aliphatic heterocycles. The van der Waals surface area contributed by atoms with Crippen molar-refractivity contribution in [1.82, 2.24) is 62.3 Å². The lowest BCUT2D eigenvalue weighted by molar-refractivity contribution is 0.953. The van der Waals surface area contributed by atoms with E-state index >= 15 is 0 Å². The Balaban J connectivity index is 0.693. The van der Waals surface area contributed by atoms with E-state index in [0.717, 1.165) is 204 Å². The van der Waals surface area contributed by atoms with Crippen LogP contribution in [0.5, 0.6) is 0 Å². The second kappa shape index (κ2) is 26.5. The van der Waals surface area contributed by atoms with E-state index in [4.69, 9.17) is 24.9 Å². The van der Waals surface area contributed by atoms with Gasteiger partial charge in [0.15, 0.2) is 17.5 Å². The number of para-hydroxylation sites is 6. The second-order valence-corrected chi connectivity index (χ2v) is 30.8. The summed E-state index contributed by atoms with van der Waals surface area (Å²) >= 11 is 0. The highest BCUT2D eigenvalue weighted by Gasteiger charge is 2.28. The van der Waals surface area contributed by atoms with Crippen LogP contribution in [0.1, 0.15) is 0 Å². The molecule has 0 bridgehead atoms. The zero-order valence-corrected chi connectivity index (χ0v) is 64.3. The van der Waals surface area contributed by atoms with E-state index in [2.05, 4.69) is 365 Å². The standard InChI is InChI=1S/C107H65N13/c1-5-25-66(26-6-1)104-110-90(63-91(111-104)72-58-76(115-92-42-18-16-40-81(92)88-64-108-55-53-98(88)115)62-77(59-72)116-93-43-19-17-41-82(93)89-65-109-56-54-99(89)116)71-32-23-31-69(57-71)70-47-52-97-87(60-70)86-51-50-83-78-37-13-20-44-94(78)117(73-33-11-4-12-34-73)100(83)102(86)119(97)75-36-24-35-74(61-75)118-95-45-21-14-38-79(95)84-48-49-85-80-39-15-22-46-96(80)120(103(85)101(84)118)107-113-105(67-27-7-2-8-28-67)112-106(114-107)68-29-9-3-10-30-68/h1-65H. The molecule has 0 saturated heterocycles. The molecule has 13 nitrogen and oxygen atoms in total. The molecule has 0 N–H and O–H groups in total. The number of hydrogen-bond donors (Lipinski definition) is 0. The number of benzene rings is 15. The van der Waals surface area contributed by atoms with Crippen LogP contribution in [0.2, 0.25) is 0 Å². The van der Waals surface area contributed by atoms with Gasteiger partial charge in [0.05, 0.1) is 77.6 Å². The zero-order valence-electron chi connectivity index (χ0n) is 64.3. The predicted molar refractivity (Wildman–Crippen MR) is 490 cm³/mol. The van der Waals surface area contributed by atoms with Gasteiger partial charge >= 0.3 is 0 Å². The Bertz CT molecular complexity index is 8250. The molecule has 0 unspecified atom stereocenters. The van der Waals surface area contributed by atoms with Crippen LogP contribution in [0.3, 0.4) is 0 Å². The van der Waals surface area contributed by atoms with Crippen molar-refractivity contribution >= 4 is 131 Å². The summed E-state index contributed by atoms with van der Waals surface area (Å²) in [5.41, 5.74) is 26.0. The first kappa shape index (κ1) is 66.9. The molecule has 10 aromatic heterocycles. The summed E-state index contributed by atoms with van der Waals surface area (Å²) < 4.78 is 14.4. The maximum atomic E-state index is 5.57. The number of fused-ring (bicyclic) bond motifs is 20. The van der Waals surface area contributed by atoms with Crippen molar-refractivity contribution in [3.8, 4) is 102 Å². The van der Waals surface area contributed by atoms with Crippen molar-refractivity contribution < 1.29 is 0 Å². The number of hydrogen-bond acceptors (Lipinski definition) is 7. The molecule has 13 heteroatoms. The van der Waals surface area contributed by atoms with Gasteiger partial charge in [-0.25, -0.2) is 15.0 Å². The van der Waals surface area contributed by atoms with Crippen LogP contribution in [0.25, 0.3) is 233 Å². The minimum atomic E-state index is 0.526. The van der Waals surface area contributed by atoms with Crippen LogP contribution in [0, 0.1) is 0 Å². The van der Waals surface area contributed by atoms with E-state index in [-0.39, 0.29) is 0 Å². The molecule has 15 aromatic carbocycles. The Labute approximate surface area is 685 Å². The van der Waals surface area contributed by atoms with Gasteiger partial charge in [0.2, 0.25) is 5.95 Å². The summed E-state index contributed by atoms with van der Waals surface area (Å²) in [6, 6.07) is 133. The molecule has 10 heterocycles. The Hall–Kier alpha value is -16.5. The monoisotopic (exact) mass is 1530 g/mol. The molecule has 0 saturated carbocycles. The fraction of sp³-hybridized carbons (Fsp3) is 0. The molecule has 120 heavy (non-hydrogen) atoms. The first-order valence-corrected chi connectivity index (χ1v) is 40.4. The summed E-state index contributed by atoms with van der Waals surface area (Å²) in [5, 5.41) is 13.4. The highest BCUT2D eigenvalue weighted by molar-refractivity contribution is 6.26. The quantitative estimate of drug-likeness (QED) is 0.119. The molecular formula is C107H65N13. The Morgan fingerprint density at radius 2 is 0.508 bits per heavy atom. The van der Waals surface area contributed by atoms with Gasteiger partial charge in [0.1, 0.15) is 0 Å². The van der Waals surface area contributed by atoms with Crippen LogP contribution in [-0.2, 0) is 0 Å². The normalized spacial score (nSPS) is 12.0. The summed E-state index contributed by atoms with van der Waals surface area (Å²) in [6.07, 6.45) is 7.72. The number of aromatic nitrogens is 13. The first-order chi connectivity index (χ1) is 59.5. The summed E-state index contributed by atoms with van der Waals surface area (Å²) in [5.74, 6) is 2.32. The van der Waals surface area contributed by atoms with Crippen molar-refractivity contribution in [2.75, 3.05) is 0 Å². The van der Waals surface area contributed by atoms with Gasteiger partial charge in [-0.3, -0.25) is 14.5 Å². The maximum Gasteiger partial charge on any atom is 0.238 e. The average molecular weight is 1530 g/mol. The van der Waals surface area contributed by atoms with Crippen molar-refractivity contribution in [3.05, 3.63) is 395 Å². The zero-order chi connectivity index (χ0) is 78.6. The van der Waals surface area contributed by atoms with E-state index in [1.54, 1.807) is 0 Å². The largest absolute Gasteiger partial charge is 0.309 e. The van der Waals surface area contributed by atoms with Crippen LogP contribution in [-0.4, -0.2) is 62.3 Å². The van der Waals surface area contributed by atoms with Crippen LogP contribution >= 0.6 is 0 Å². The second-order valence-electron chi connectivity index (χ2n) is 30.8. The summed E-state index contributed by atoms with van der Waals surface area (Å²) in [7, 11) is 0. The van der Waals surface area contributed by atoms with Gasteiger partial charge in [-0.2, -0.15) is 9.97 Å². The highest BCUT2D eigenvalue weighted by Crippen LogP contribution is 2.47. The maximum absolute atomic E-state index is 5.57. The highest BCUT2D eigenvalue weighted by atomic mass is 15.2. The molecular weight excluding hydrogens is 1470 g/mol. The molecule has 25 rings (SSSR count). The molecule has 0 aliphatic rings. The van der Waals surface area contributed by atoms with Crippen molar-refractivity contribution in [3.63, 3.8) is 0 Å². The summed E-state index contributed by atoms with van der Waals surface area (Å²) in [6.45, 7) is 0. The molecule has 0 radical (unpaired) electrons. The van der Waals surface area contributed by atoms with E-state index < -0.39 is 0 Å². The average Bonchev–Trinajstić information content (AvgIpc) is 1.54. The van der Waals surface area contributed by atoms with E-state index in [1.165, 1.54) is 5.39 Å². The molecule has 0 atom stereocenters. The van der Waals surface area contributed by atoms with Crippen molar-refractivity contribution in [1.29, 1.82) is 0 Å². The molecule has 0 spiro atoms. The van der Waals surface area contributed by atoms with Gasteiger partial charge in [0.25, 0.3) is 0 Å². The number of nitrogens with zero attached hydrogens (tertiary/aromatic N) is 13. The minimum absolute atomic E-state index is 0.526. The molecule has 0 aliphatic carbocycles. The molecule has 558 valence electrons. The number of rotatable bonds is 12. The fourth-order valence-corrected chi connectivity index (χ4v) is 19.0. The van der Waals surface area contributed by atoms with Gasteiger partial charge < -0.3 is 22.8 Å². The SMILES string of the molecule is c1ccc(-c2nc(-c3cccc(-c4ccc5c(c4)c4ccc6c7ccccc7n(-c7ccccc7)c6c4n5-c4cccc(-n5c6ccccc6c6ccc7c8ccccc8n(-c8nc(-c9ccccc9)nc(-c9ccccc9)n8)c7c65)c4)c3)cc(-c3cc(-n4c5ccccc5c5cnccc54)cc(-n4c5ccccc5c5cnccc54)c3)n2)cc1. The van der Waals surface area contributed by atoms with Gasteiger partial charge in [-0.15, -0.1) is 0 Å². The minimum Gasteiger partial charge on any atom is -0.309 e. The van der Waals surface area contributed by atoms with Crippen LogP contribution < -0.4 is 0 Å². The Morgan fingerprint density at radius 1 is 0.167 bits per heavy atom. The van der Waals surface area contributed by atoms with E-state index in [1.807, 2.05) is 67.3 Å². The number of pyridine rings is 2. The third kappa shape index (κ3) is 10.3. The molecule has 0 amide bonds. The third-order valence-electron chi connectivity index (χ3n) is 24.2. The lowest BCUT2D eigenvalue weighted by Gasteiger charge is -2.16. The summed E-state index contributed by atoms with van der Waals surface area (Å²) in [4.78, 5) is 36.4. The van der Waals surface area contributed by atoms with Crippen LogP contribution in [0.4, 0.5) is 0 Å². The van der Waals surface area contributed by atoms with Gasteiger partial charge in [0, 0.05) is 146 Å². The third-order valence-corrected chi connectivity index (χ3v) is 24.2. The van der Waals surface area contributed by atoms with E-state index in [9.17, 15) is 0 Å². The smallest absolute Gasteiger partial charge is 0.238 e. The molecule has 25 aromatic rings. The lowest BCUT2D eigenvalue weighted by atomic mass is 9.98. The van der Waals surface area contributed by atoms with Crippen LogP contribution in [0.15, 0.2) is 395 Å². The van der Waals surface area contributed by atoms with E-state index in [0.29, 0.717) is 23.4 Å². The topological polar surface area (TPSA) is 120 Å². The predicted octanol–water partition coefficient (Wildman–Crippen LogP) is 26.0. The Morgan fingerprint density at radius 3 is 1.01 bits per heavy atom. The van der Waals surface area contributed by atoms with Crippen molar-refractivity contribution in [2.45, 2.75) is 0 Å². The fourth-order valence-electron chi connectivity index (χ4n) is 19.0. The van der Waals surface area contributed by atoms with Crippen molar-refractivity contribution in [2.24, 2.45) is 0 Å². The van der Waals surface area contributed by atoms with Gasteiger partial charge in [-0.1, -0.05) is 255 Å². The lowest BCUT2D eigenvalue weighted by Crippen LogP contribution is -2.07. The first-order valence-electron chi connectivity index (χ1n) is 40.4. The van der Waals surface area contributed by atoms with Gasteiger partial charge in [-0.05, 0) is 126 Å².